The van der Waals surface area contributed by atoms with Gasteiger partial charge in [-0.25, -0.2) is 4.98 Å². The minimum absolute atomic E-state index is 0.121. The number of hydrogen-bond donors (Lipinski definition) is 2. The van der Waals surface area contributed by atoms with E-state index in [1.54, 1.807) is 0 Å². The fourth-order valence-electron chi connectivity index (χ4n) is 1.43. The van der Waals surface area contributed by atoms with Crippen LogP contribution < -0.4 is 11.1 Å². The zero-order valence-corrected chi connectivity index (χ0v) is 9.59. The van der Waals surface area contributed by atoms with Gasteiger partial charge in [-0.1, -0.05) is 6.92 Å². The molecule has 96 valence electrons. The highest BCUT2D eigenvalue weighted by molar-refractivity contribution is 5.45. The molecule has 0 radical (unpaired) electrons. The number of rotatable bonds is 5. The Balaban J connectivity index is 2.71. The van der Waals surface area contributed by atoms with Crippen LogP contribution in [0.15, 0.2) is 18.3 Å². The van der Waals surface area contributed by atoms with Gasteiger partial charge in [-0.2, -0.15) is 13.2 Å². The van der Waals surface area contributed by atoms with Gasteiger partial charge in [0.1, 0.15) is 5.82 Å². The molecule has 1 atom stereocenters. The monoisotopic (exact) mass is 247 g/mol. The van der Waals surface area contributed by atoms with E-state index in [4.69, 9.17) is 5.73 Å². The van der Waals surface area contributed by atoms with Crippen LogP contribution in [0.2, 0.25) is 0 Å². The number of anilines is 1. The number of aromatic nitrogens is 1. The largest absolute Gasteiger partial charge is 0.419 e. The first kappa shape index (κ1) is 13.8. The van der Waals surface area contributed by atoms with Gasteiger partial charge in [0.25, 0.3) is 0 Å². The molecule has 3 nitrogen and oxygen atoms in total. The van der Waals surface area contributed by atoms with Gasteiger partial charge in [0, 0.05) is 12.7 Å². The second-order valence-corrected chi connectivity index (χ2v) is 3.96. The lowest BCUT2D eigenvalue weighted by atomic mass is 10.1. The van der Waals surface area contributed by atoms with Gasteiger partial charge < -0.3 is 11.1 Å². The molecule has 1 heterocycles. The molecule has 0 aromatic carbocycles. The molecule has 1 rings (SSSR count). The third-order valence-electron chi connectivity index (χ3n) is 2.39. The van der Waals surface area contributed by atoms with Crippen LogP contribution in [0.1, 0.15) is 18.9 Å². The van der Waals surface area contributed by atoms with Crippen LogP contribution in [0, 0.1) is 5.92 Å². The van der Waals surface area contributed by atoms with Gasteiger partial charge >= 0.3 is 6.18 Å². The molecule has 0 fully saturated rings. The quantitative estimate of drug-likeness (QED) is 0.840. The van der Waals surface area contributed by atoms with Crippen LogP contribution in [-0.4, -0.2) is 18.1 Å². The maximum Gasteiger partial charge on any atom is 0.419 e. The Bertz CT molecular complexity index is 352. The van der Waals surface area contributed by atoms with Crippen LogP contribution in [0.4, 0.5) is 19.0 Å². The summed E-state index contributed by atoms with van der Waals surface area (Å²) in [6, 6.07) is 2.29. The lowest BCUT2D eigenvalue weighted by Gasteiger charge is -2.15. The van der Waals surface area contributed by atoms with E-state index >= 15 is 0 Å². The Morgan fingerprint density at radius 1 is 1.47 bits per heavy atom. The third kappa shape index (κ3) is 4.22. The maximum atomic E-state index is 12.6. The van der Waals surface area contributed by atoms with Crippen molar-refractivity contribution < 1.29 is 13.2 Å². The zero-order valence-electron chi connectivity index (χ0n) is 9.59. The summed E-state index contributed by atoms with van der Waals surface area (Å²) in [5.74, 6) is 0.0898. The lowest BCUT2D eigenvalue weighted by Crippen LogP contribution is -2.18. The standard InChI is InChI=1S/C11H16F3N3/c1-8(4-5-15)7-17-10-9(11(12,13)14)3-2-6-16-10/h2-3,6,8H,4-5,7,15H2,1H3,(H,16,17). The average molecular weight is 247 g/mol. The van der Waals surface area contributed by atoms with Crippen molar-refractivity contribution in [1.82, 2.24) is 4.98 Å². The summed E-state index contributed by atoms with van der Waals surface area (Å²) < 4.78 is 37.9. The molecular formula is C11H16F3N3. The normalized spacial score (nSPS) is 13.5. The Morgan fingerprint density at radius 2 is 2.18 bits per heavy atom. The molecule has 1 aromatic rings. The summed E-state index contributed by atoms with van der Waals surface area (Å²) in [5.41, 5.74) is 4.64. The van der Waals surface area contributed by atoms with Crippen molar-refractivity contribution in [2.45, 2.75) is 19.5 Å². The number of halogens is 3. The molecule has 0 aliphatic carbocycles. The molecule has 0 saturated carbocycles. The number of nitrogens with one attached hydrogen (secondary N) is 1. The zero-order chi connectivity index (χ0) is 12.9. The highest BCUT2D eigenvalue weighted by atomic mass is 19.4. The van der Waals surface area contributed by atoms with Crippen LogP contribution >= 0.6 is 0 Å². The summed E-state index contributed by atoms with van der Waals surface area (Å²) in [7, 11) is 0. The van der Waals surface area contributed by atoms with E-state index in [0.717, 1.165) is 12.5 Å². The van der Waals surface area contributed by atoms with E-state index in [1.165, 1.54) is 12.3 Å². The summed E-state index contributed by atoms with van der Waals surface area (Å²) in [5, 5.41) is 2.72. The minimum Gasteiger partial charge on any atom is -0.369 e. The Hall–Kier alpha value is -1.30. The molecule has 0 bridgehead atoms. The SMILES string of the molecule is CC(CCN)CNc1ncccc1C(F)(F)F. The number of nitrogens with two attached hydrogens (primary N) is 1. The Kier molecular flexibility index (Phi) is 4.74. The van der Waals surface area contributed by atoms with Gasteiger partial charge in [-0.3, -0.25) is 0 Å². The molecule has 1 unspecified atom stereocenters. The van der Waals surface area contributed by atoms with Crippen molar-refractivity contribution in [3.05, 3.63) is 23.9 Å². The summed E-state index contributed by atoms with van der Waals surface area (Å²) >= 11 is 0. The summed E-state index contributed by atoms with van der Waals surface area (Å²) in [6.07, 6.45) is -2.28. The number of pyridine rings is 1. The molecule has 0 saturated heterocycles. The highest BCUT2D eigenvalue weighted by Crippen LogP contribution is 2.33. The second-order valence-electron chi connectivity index (χ2n) is 3.96. The van der Waals surface area contributed by atoms with E-state index < -0.39 is 11.7 Å². The van der Waals surface area contributed by atoms with E-state index in [9.17, 15) is 13.2 Å². The summed E-state index contributed by atoms with van der Waals surface area (Å²) in [4.78, 5) is 3.71. The molecule has 0 aliphatic rings. The van der Waals surface area contributed by atoms with Crippen LogP contribution in [-0.2, 0) is 6.18 Å². The Morgan fingerprint density at radius 3 is 2.76 bits per heavy atom. The van der Waals surface area contributed by atoms with E-state index in [2.05, 4.69) is 10.3 Å². The molecule has 0 amide bonds. The van der Waals surface area contributed by atoms with E-state index in [0.29, 0.717) is 13.1 Å². The van der Waals surface area contributed by atoms with Gasteiger partial charge in [0.2, 0.25) is 0 Å². The lowest BCUT2D eigenvalue weighted by molar-refractivity contribution is -0.137. The molecule has 3 N–H and O–H groups in total. The maximum absolute atomic E-state index is 12.6. The minimum atomic E-state index is -4.38. The third-order valence-corrected chi connectivity index (χ3v) is 2.39. The predicted octanol–water partition coefficient (Wildman–Crippen LogP) is 2.50. The van der Waals surface area contributed by atoms with Gasteiger partial charge in [0.05, 0.1) is 5.56 Å². The molecule has 6 heteroatoms. The van der Waals surface area contributed by atoms with Crippen molar-refractivity contribution in [2.24, 2.45) is 11.7 Å². The van der Waals surface area contributed by atoms with Crippen molar-refractivity contribution in [3.63, 3.8) is 0 Å². The van der Waals surface area contributed by atoms with Crippen LogP contribution in [0.3, 0.4) is 0 Å². The second kappa shape index (κ2) is 5.86. The summed E-state index contributed by atoms with van der Waals surface area (Å²) in [6.45, 7) is 2.88. The van der Waals surface area contributed by atoms with E-state index in [-0.39, 0.29) is 11.7 Å². The topological polar surface area (TPSA) is 50.9 Å². The molecular weight excluding hydrogens is 231 g/mol. The molecule has 0 aliphatic heterocycles. The van der Waals surface area contributed by atoms with E-state index in [1.807, 2.05) is 6.92 Å². The van der Waals surface area contributed by atoms with Crippen LogP contribution in [0.5, 0.6) is 0 Å². The van der Waals surface area contributed by atoms with Gasteiger partial charge in [-0.15, -0.1) is 0 Å². The van der Waals surface area contributed by atoms with Crippen LogP contribution in [0.25, 0.3) is 0 Å². The van der Waals surface area contributed by atoms with Crippen molar-refractivity contribution in [3.8, 4) is 0 Å². The smallest absolute Gasteiger partial charge is 0.369 e. The van der Waals surface area contributed by atoms with Crippen molar-refractivity contribution in [2.75, 3.05) is 18.4 Å². The number of alkyl halides is 3. The first-order valence-electron chi connectivity index (χ1n) is 5.41. The van der Waals surface area contributed by atoms with Crippen molar-refractivity contribution in [1.29, 1.82) is 0 Å². The fraction of sp³-hybridized carbons (Fsp3) is 0.545. The Labute approximate surface area is 98.2 Å². The molecule has 0 spiro atoms. The van der Waals surface area contributed by atoms with Crippen molar-refractivity contribution >= 4 is 5.82 Å². The van der Waals surface area contributed by atoms with Gasteiger partial charge in [0.15, 0.2) is 0 Å². The highest BCUT2D eigenvalue weighted by Gasteiger charge is 2.33. The fourth-order valence-corrected chi connectivity index (χ4v) is 1.43. The molecule has 17 heavy (non-hydrogen) atoms. The van der Waals surface area contributed by atoms with Gasteiger partial charge in [-0.05, 0) is 31.0 Å². The average Bonchev–Trinajstić information content (AvgIpc) is 2.26. The first-order valence-corrected chi connectivity index (χ1v) is 5.41. The first-order chi connectivity index (χ1) is 7.95. The molecule has 1 aromatic heterocycles. The predicted molar refractivity (Wildman–Crippen MR) is 60.6 cm³/mol. The number of nitrogens with zero attached hydrogens (tertiary/aromatic N) is 1. The number of hydrogen-bond acceptors (Lipinski definition) is 3.